The Hall–Kier alpha value is -1.35. The number of nitrogens with two attached hydrogens (primary N) is 1. The number of rotatable bonds is 5. The van der Waals surface area contributed by atoms with Crippen molar-refractivity contribution in [3.05, 3.63) is 34.9 Å². The fourth-order valence-electron chi connectivity index (χ4n) is 1.82. The zero-order valence-electron chi connectivity index (χ0n) is 10.9. The van der Waals surface area contributed by atoms with Gasteiger partial charge in [-0.05, 0) is 25.8 Å². The van der Waals surface area contributed by atoms with Crippen molar-refractivity contribution in [1.29, 1.82) is 0 Å². The van der Waals surface area contributed by atoms with Crippen LogP contribution in [0, 0.1) is 19.8 Å². The molecule has 3 nitrogen and oxygen atoms in total. The molecule has 0 heterocycles. The molecule has 0 bridgehead atoms. The average Bonchev–Trinajstić information content (AvgIpc) is 2.26. The number of aryl methyl sites for hydroxylation is 2. The molecular weight excluding hydrogens is 212 g/mol. The first-order valence-corrected chi connectivity index (χ1v) is 6.08. The maximum absolute atomic E-state index is 11.5. The van der Waals surface area contributed by atoms with Crippen LogP contribution in [0.4, 0.5) is 0 Å². The van der Waals surface area contributed by atoms with E-state index in [0.717, 1.165) is 6.42 Å². The zero-order chi connectivity index (χ0) is 12.8. The Morgan fingerprint density at radius 1 is 1.29 bits per heavy atom. The van der Waals surface area contributed by atoms with E-state index >= 15 is 0 Å². The Labute approximate surface area is 103 Å². The lowest BCUT2D eigenvalue weighted by atomic mass is 10.0. The number of benzene rings is 1. The van der Waals surface area contributed by atoms with Gasteiger partial charge in [-0.2, -0.15) is 0 Å². The first kappa shape index (κ1) is 13.7. The van der Waals surface area contributed by atoms with Gasteiger partial charge >= 0.3 is 0 Å². The summed E-state index contributed by atoms with van der Waals surface area (Å²) in [5.74, 6) is -0.0638. The summed E-state index contributed by atoms with van der Waals surface area (Å²) in [5, 5.41) is 2.90. The summed E-state index contributed by atoms with van der Waals surface area (Å²) in [6.45, 7) is 7.09. The molecule has 94 valence electrons. The highest BCUT2D eigenvalue weighted by molar-refractivity contribution is 5.78. The Morgan fingerprint density at radius 2 is 1.88 bits per heavy atom. The van der Waals surface area contributed by atoms with Crippen LogP contribution in [0.1, 0.15) is 23.6 Å². The summed E-state index contributed by atoms with van der Waals surface area (Å²) < 4.78 is 0. The fourth-order valence-corrected chi connectivity index (χ4v) is 1.82. The highest BCUT2D eigenvalue weighted by atomic mass is 16.1. The second-order valence-corrected chi connectivity index (χ2v) is 4.67. The lowest BCUT2D eigenvalue weighted by Crippen LogP contribution is -2.34. The molecule has 3 heteroatoms. The highest BCUT2D eigenvalue weighted by Gasteiger charge is 2.09. The summed E-state index contributed by atoms with van der Waals surface area (Å²) in [4.78, 5) is 11.5. The molecule has 0 saturated heterocycles. The second-order valence-electron chi connectivity index (χ2n) is 4.67. The molecule has 0 aromatic heterocycles. The Balaban J connectivity index is 2.43. The number of carbonyl (C=O) groups is 1. The number of nitrogens with one attached hydrogen (secondary N) is 1. The van der Waals surface area contributed by atoms with E-state index in [4.69, 9.17) is 5.73 Å². The summed E-state index contributed by atoms with van der Waals surface area (Å²) in [5.41, 5.74) is 9.23. The summed E-state index contributed by atoms with van der Waals surface area (Å²) in [7, 11) is 0. The van der Waals surface area contributed by atoms with Crippen molar-refractivity contribution >= 4 is 5.91 Å². The van der Waals surface area contributed by atoms with Crippen molar-refractivity contribution < 1.29 is 4.79 Å². The SMILES string of the molecule is Cc1cc(C)cc(CCNC(=O)C(C)CN)c1. The fraction of sp³-hybridized carbons (Fsp3) is 0.500. The van der Waals surface area contributed by atoms with Crippen molar-refractivity contribution in [2.45, 2.75) is 27.2 Å². The maximum Gasteiger partial charge on any atom is 0.224 e. The van der Waals surface area contributed by atoms with Gasteiger partial charge in [-0.3, -0.25) is 4.79 Å². The molecule has 1 amide bonds. The molecule has 0 fully saturated rings. The number of hydrogen-bond donors (Lipinski definition) is 2. The van der Waals surface area contributed by atoms with Crippen LogP contribution in [0.5, 0.6) is 0 Å². The van der Waals surface area contributed by atoms with E-state index in [-0.39, 0.29) is 11.8 Å². The Morgan fingerprint density at radius 3 is 2.41 bits per heavy atom. The van der Waals surface area contributed by atoms with Gasteiger partial charge in [0.2, 0.25) is 5.91 Å². The number of amides is 1. The van der Waals surface area contributed by atoms with E-state index in [9.17, 15) is 4.79 Å². The second kappa shape index (κ2) is 6.40. The third kappa shape index (κ3) is 4.57. The quantitative estimate of drug-likeness (QED) is 0.812. The van der Waals surface area contributed by atoms with Crippen LogP contribution in [0.25, 0.3) is 0 Å². The molecule has 1 atom stereocenters. The predicted molar refractivity (Wildman–Crippen MR) is 70.8 cm³/mol. The smallest absolute Gasteiger partial charge is 0.224 e. The van der Waals surface area contributed by atoms with E-state index in [1.165, 1.54) is 16.7 Å². The molecule has 0 radical (unpaired) electrons. The molecule has 0 aliphatic carbocycles. The van der Waals surface area contributed by atoms with Crippen molar-refractivity contribution in [2.24, 2.45) is 11.7 Å². The molecule has 0 aliphatic heterocycles. The third-order valence-electron chi connectivity index (χ3n) is 2.80. The first-order chi connectivity index (χ1) is 8.02. The normalized spacial score (nSPS) is 12.2. The third-order valence-corrected chi connectivity index (χ3v) is 2.80. The first-order valence-electron chi connectivity index (χ1n) is 6.08. The van der Waals surface area contributed by atoms with Crippen molar-refractivity contribution in [3.63, 3.8) is 0 Å². The molecule has 1 aromatic rings. The summed E-state index contributed by atoms with van der Waals surface area (Å²) in [6, 6.07) is 6.47. The van der Waals surface area contributed by atoms with Crippen molar-refractivity contribution in [1.82, 2.24) is 5.32 Å². The molecule has 0 saturated carbocycles. The molecule has 17 heavy (non-hydrogen) atoms. The van der Waals surface area contributed by atoms with Crippen LogP contribution in [0.3, 0.4) is 0 Å². The standard InChI is InChI=1S/C14H22N2O/c1-10-6-11(2)8-13(7-10)4-5-16-14(17)12(3)9-15/h6-8,12H,4-5,9,15H2,1-3H3,(H,16,17). The minimum atomic E-state index is -0.103. The number of hydrogen-bond acceptors (Lipinski definition) is 2. The van der Waals surface area contributed by atoms with Gasteiger partial charge in [0.1, 0.15) is 0 Å². The molecule has 3 N–H and O–H groups in total. The van der Waals surface area contributed by atoms with Gasteiger partial charge in [-0.15, -0.1) is 0 Å². The average molecular weight is 234 g/mol. The van der Waals surface area contributed by atoms with Gasteiger partial charge < -0.3 is 11.1 Å². The van der Waals surface area contributed by atoms with E-state index in [1.54, 1.807) is 0 Å². The van der Waals surface area contributed by atoms with E-state index in [0.29, 0.717) is 13.1 Å². The van der Waals surface area contributed by atoms with E-state index < -0.39 is 0 Å². The monoisotopic (exact) mass is 234 g/mol. The van der Waals surface area contributed by atoms with Gasteiger partial charge in [0.15, 0.2) is 0 Å². The summed E-state index contributed by atoms with van der Waals surface area (Å²) in [6.07, 6.45) is 0.867. The van der Waals surface area contributed by atoms with Gasteiger partial charge in [-0.25, -0.2) is 0 Å². The van der Waals surface area contributed by atoms with Crippen molar-refractivity contribution in [2.75, 3.05) is 13.1 Å². The lowest BCUT2D eigenvalue weighted by molar-refractivity contribution is -0.124. The van der Waals surface area contributed by atoms with Crippen molar-refractivity contribution in [3.8, 4) is 0 Å². The van der Waals surface area contributed by atoms with Gasteiger partial charge in [0.25, 0.3) is 0 Å². The molecule has 0 spiro atoms. The van der Waals surface area contributed by atoms with Gasteiger partial charge in [-0.1, -0.05) is 36.2 Å². The Bertz CT molecular complexity index is 368. The van der Waals surface area contributed by atoms with Crippen LogP contribution in [-0.2, 0) is 11.2 Å². The topological polar surface area (TPSA) is 55.1 Å². The molecule has 1 unspecified atom stereocenters. The maximum atomic E-state index is 11.5. The zero-order valence-corrected chi connectivity index (χ0v) is 10.9. The van der Waals surface area contributed by atoms with Crippen LogP contribution in [0.2, 0.25) is 0 Å². The highest BCUT2D eigenvalue weighted by Crippen LogP contribution is 2.09. The predicted octanol–water partition coefficient (Wildman–Crippen LogP) is 1.56. The van der Waals surface area contributed by atoms with Crippen LogP contribution >= 0.6 is 0 Å². The summed E-state index contributed by atoms with van der Waals surface area (Å²) >= 11 is 0. The molecule has 1 aromatic carbocycles. The van der Waals surface area contributed by atoms with E-state index in [2.05, 4.69) is 37.4 Å². The molecular formula is C14H22N2O. The molecule has 0 aliphatic rings. The Kier molecular flexibility index (Phi) is 5.16. The van der Waals surface area contributed by atoms with Crippen LogP contribution < -0.4 is 11.1 Å². The minimum Gasteiger partial charge on any atom is -0.355 e. The molecule has 1 rings (SSSR count). The largest absolute Gasteiger partial charge is 0.355 e. The van der Waals surface area contributed by atoms with Gasteiger partial charge in [0.05, 0.1) is 0 Å². The number of carbonyl (C=O) groups excluding carboxylic acids is 1. The lowest BCUT2D eigenvalue weighted by Gasteiger charge is -2.10. The minimum absolute atomic E-state index is 0.0388. The van der Waals surface area contributed by atoms with Gasteiger partial charge in [0, 0.05) is 19.0 Å². The van der Waals surface area contributed by atoms with Crippen LogP contribution in [-0.4, -0.2) is 19.0 Å². The van der Waals surface area contributed by atoms with E-state index in [1.807, 2.05) is 6.92 Å². The van der Waals surface area contributed by atoms with Crippen LogP contribution in [0.15, 0.2) is 18.2 Å².